The van der Waals surface area contributed by atoms with Crippen LogP contribution in [0.1, 0.15) is 30.5 Å². The Hall–Kier alpha value is -3.00. The summed E-state index contributed by atoms with van der Waals surface area (Å²) in [6.45, 7) is 3.16. The first-order valence-electron chi connectivity index (χ1n) is 9.93. The SMILES string of the molecule is Cc1c(CCC(=O)NC[C@@H]2CCCO2)c(=O)n2nc(-c3ccccc3)nc2n1C. The van der Waals surface area contributed by atoms with Gasteiger partial charge in [0.25, 0.3) is 5.56 Å². The van der Waals surface area contributed by atoms with Crippen molar-refractivity contribution in [2.45, 2.75) is 38.7 Å². The molecule has 1 aliphatic rings. The molecule has 152 valence electrons. The molecule has 1 N–H and O–H groups in total. The largest absolute Gasteiger partial charge is 0.376 e. The number of nitrogens with one attached hydrogen (secondary N) is 1. The monoisotopic (exact) mass is 395 g/mol. The van der Waals surface area contributed by atoms with Gasteiger partial charge in [-0.05, 0) is 26.2 Å². The zero-order valence-corrected chi connectivity index (χ0v) is 16.7. The molecule has 1 amide bonds. The lowest BCUT2D eigenvalue weighted by molar-refractivity contribution is -0.121. The van der Waals surface area contributed by atoms with Crippen LogP contribution in [0.4, 0.5) is 0 Å². The van der Waals surface area contributed by atoms with Crippen molar-refractivity contribution < 1.29 is 9.53 Å². The average molecular weight is 395 g/mol. The molecule has 0 radical (unpaired) electrons. The van der Waals surface area contributed by atoms with Crippen molar-refractivity contribution in [1.29, 1.82) is 0 Å². The summed E-state index contributed by atoms with van der Waals surface area (Å²) in [5, 5.41) is 7.32. The van der Waals surface area contributed by atoms with Crippen molar-refractivity contribution >= 4 is 11.7 Å². The van der Waals surface area contributed by atoms with E-state index in [1.165, 1.54) is 4.52 Å². The minimum atomic E-state index is -0.225. The van der Waals surface area contributed by atoms with Crippen LogP contribution in [-0.4, -0.2) is 44.3 Å². The van der Waals surface area contributed by atoms with E-state index in [4.69, 9.17) is 4.74 Å². The highest BCUT2D eigenvalue weighted by molar-refractivity contribution is 5.76. The van der Waals surface area contributed by atoms with Crippen LogP contribution in [0.2, 0.25) is 0 Å². The molecule has 29 heavy (non-hydrogen) atoms. The standard InChI is InChI=1S/C21H25N5O3/c1-14-17(10-11-18(27)22-13-16-9-6-12-29-16)20(28)26-21(25(14)2)23-19(24-26)15-7-4-3-5-8-15/h3-5,7-8,16H,6,9-13H2,1-2H3,(H,22,27)/t16-/m0/s1. The second kappa shape index (κ2) is 8.16. The fourth-order valence-corrected chi connectivity index (χ4v) is 3.65. The van der Waals surface area contributed by atoms with E-state index in [2.05, 4.69) is 15.4 Å². The number of nitrogens with zero attached hydrogens (tertiary/aromatic N) is 4. The van der Waals surface area contributed by atoms with E-state index in [1.807, 2.05) is 48.9 Å². The Morgan fingerprint density at radius 1 is 1.31 bits per heavy atom. The maximum absolute atomic E-state index is 13.0. The molecular formula is C21H25N5O3. The molecule has 2 aromatic heterocycles. The topological polar surface area (TPSA) is 90.5 Å². The zero-order valence-electron chi connectivity index (χ0n) is 16.7. The van der Waals surface area contributed by atoms with Gasteiger partial charge in [0.1, 0.15) is 0 Å². The summed E-state index contributed by atoms with van der Waals surface area (Å²) in [7, 11) is 1.86. The van der Waals surface area contributed by atoms with Gasteiger partial charge in [-0.2, -0.15) is 9.50 Å². The van der Waals surface area contributed by atoms with Crippen molar-refractivity contribution in [3.63, 3.8) is 0 Å². The Bertz CT molecular complexity index is 1080. The molecule has 1 atom stereocenters. The Labute approximate surface area is 168 Å². The number of aromatic nitrogens is 4. The highest BCUT2D eigenvalue weighted by atomic mass is 16.5. The molecule has 1 saturated heterocycles. The highest BCUT2D eigenvalue weighted by Crippen LogP contribution is 2.16. The van der Waals surface area contributed by atoms with Gasteiger partial charge in [-0.25, -0.2) is 0 Å². The van der Waals surface area contributed by atoms with Crippen LogP contribution < -0.4 is 10.9 Å². The lowest BCUT2D eigenvalue weighted by Crippen LogP contribution is -2.32. The summed E-state index contributed by atoms with van der Waals surface area (Å²) in [6, 6.07) is 9.55. The van der Waals surface area contributed by atoms with E-state index in [1.54, 1.807) is 0 Å². The van der Waals surface area contributed by atoms with Gasteiger partial charge in [0.05, 0.1) is 6.10 Å². The number of fused-ring (bicyclic) bond motifs is 1. The molecule has 1 fully saturated rings. The fraction of sp³-hybridized carbons (Fsp3) is 0.429. The lowest BCUT2D eigenvalue weighted by atomic mass is 10.1. The molecule has 3 aromatic rings. The quantitative estimate of drug-likeness (QED) is 0.685. The van der Waals surface area contributed by atoms with Crippen LogP contribution in [0, 0.1) is 6.92 Å². The van der Waals surface area contributed by atoms with Gasteiger partial charge in [0.15, 0.2) is 5.82 Å². The van der Waals surface area contributed by atoms with Crippen LogP contribution in [0.25, 0.3) is 17.2 Å². The summed E-state index contributed by atoms with van der Waals surface area (Å²) < 4.78 is 8.70. The van der Waals surface area contributed by atoms with Crippen LogP contribution in [0.3, 0.4) is 0 Å². The number of rotatable bonds is 6. The molecular weight excluding hydrogens is 370 g/mol. The predicted molar refractivity (Wildman–Crippen MR) is 109 cm³/mol. The molecule has 0 spiro atoms. The molecule has 4 rings (SSSR count). The van der Waals surface area contributed by atoms with E-state index < -0.39 is 0 Å². The molecule has 0 unspecified atom stereocenters. The van der Waals surface area contributed by atoms with Gasteiger partial charge < -0.3 is 14.6 Å². The second-order valence-electron chi connectivity index (χ2n) is 7.38. The van der Waals surface area contributed by atoms with E-state index in [-0.39, 0.29) is 24.0 Å². The van der Waals surface area contributed by atoms with Gasteiger partial charge >= 0.3 is 0 Å². The minimum absolute atomic E-state index is 0.0781. The Kier molecular flexibility index (Phi) is 5.44. The first-order chi connectivity index (χ1) is 14.0. The maximum atomic E-state index is 13.0. The summed E-state index contributed by atoms with van der Waals surface area (Å²) in [6.07, 6.45) is 2.73. The molecule has 0 bridgehead atoms. The van der Waals surface area contributed by atoms with Gasteiger partial charge in [-0.15, -0.1) is 5.10 Å². The summed E-state index contributed by atoms with van der Waals surface area (Å²) in [5.41, 5.74) is 2.00. The third kappa shape index (κ3) is 3.93. The minimum Gasteiger partial charge on any atom is -0.376 e. The number of hydrogen-bond acceptors (Lipinski definition) is 5. The second-order valence-corrected chi connectivity index (χ2v) is 7.38. The third-order valence-corrected chi connectivity index (χ3v) is 5.47. The number of aryl methyl sites for hydroxylation is 1. The van der Waals surface area contributed by atoms with Crippen LogP contribution >= 0.6 is 0 Å². The van der Waals surface area contributed by atoms with Crippen LogP contribution in [0.5, 0.6) is 0 Å². The maximum Gasteiger partial charge on any atom is 0.279 e. The third-order valence-electron chi connectivity index (χ3n) is 5.47. The molecule has 1 aliphatic heterocycles. The summed E-state index contributed by atoms with van der Waals surface area (Å²) in [4.78, 5) is 29.8. The number of benzene rings is 1. The van der Waals surface area contributed by atoms with Gasteiger partial charge in [-0.3, -0.25) is 9.59 Å². The number of ether oxygens (including phenoxy) is 1. The normalized spacial score (nSPS) is 16.4. The number of carbonyl (C=O) groups is 1. The van der Waals surface area contributed by atoms with E-state index in [0.29, 0.717) is 30.1 Å². The average Bonchev–Trinajstić information content (AvgIpc) is 3.41. The Morgan fingerprint density at radius 2 is 2.10 bits per heavy atom. The first-order valence-corrected chi connectivity index (χ1v) is 9.93. The number of amides is 1. The molecule has 0 aliphatic carbocycles. The Balaban J connectivity index is 1.54. The smallest absolute Gasteiger partial charge is 0.279 e. The van der Waals surface area contributed by atoms with Gasteiger partial charge in [0, 0.05) is 43.4 Å². The van der Waals surface area contributed by atoms with Crippen molar-refractivity contribution in [2.75, 3.05) is 13.2 Å². The highest BCUT2D eigenvalue weighted by Gasteiger charge is 2.19. The fourth-order valence-electron chi connectivity index (χ4n) is 3.65. The lowest BCUT2D eigenvalue weighted by Gasteiger charge is -2.12. The van der Waals surface area contributed by atoms with Crippen molar-refractivity contribution in [3.05, 3.63) is 51.9 Å². The molecule has 8 nitrogen and oxygen atoms in total. The van der Waals surface area contributed by atoms with Crippen LogP contribution in [-0.2, 0) is 23.0 Å². The van der Waals surface area contributed by atoms with Crippen molar-refractivity contribution in [3.8, 4) is 11.4 Å². The van der Waals surface area contributed by atoms with E-state index >= 15 is 0 Å². The van der Waals surface area contributed by atoms with Gasteiger partial charge in [-0.1, -0.05) is 30.3 Å². The zero-order chi connectivity index (χ0) is 20.4. The van der Waals surface area contributed by atoms with Crippen molar-refractivity contribution in [2.24, 2.45) is 7.05 Å². The summed E-state index contributed by atoms with van der Waals surface area (Å²) >= 11 is 0. The molecule has 3 heterocycles. The van der Waals surface area contributed by atoms with Gasteiger partial charge in [0.2, 0.25) is 11.7 Å². The van der Waals surface area contributed by atoms with Crippen molar-refractivity contribution in [1.82, 2.24) is 24.5 Å². The van der Waals surface area contributed by atoms with E-state index in [9.17, 15) is 9.59 Å². The van der Waals surface area contributed by atoms with Crippen LogP contribution in [0.15, 0.2) is 35.1 Å². The number of carbonyl (C=O) groups excluding carboxylic acids is 1. The van der Waals surface area contributed by atoms with E-state index in [0.717, 1.165) is 30.7 Å². The molecule has 0 saturated carbocycles. The first kappa shape index (κ1) is 19.3. The number of hydrogen-bond donors (Lipinski definition) is 1. The molecule has 1 aromatic carbocycles. The summed E-state index contributed by atoms with van der Waals surface area (Å²) in [5.74, 6) is 0.910. The molecule has 8 heteroatoms. The Morgan fingerprint density at radius 3 is 2.83 bits per heavy atom. The predicted octanol–water partition coefficient (Wildman–Crippen LogP) is 1.63.